The summed E-state index contributed by atoms with van der Waals surface area (Å²) < 4.78 is 0. The van der Waals surface area contributed by atoms with Gasteiger partial charge in [0, 0.05) is 41.0 Å². The lowest BCUT2D eigenvalue weighted by Gasteiger charge is -2.12. The molecule has 1 aliphatic rings. The SMILES string of the molecule is Cc1ccncc1-c1cc2cc(NC(=O)C3CC3)ncc2c(Cl)c1C#N. The van der Waals surface area contributed by atoms with E-state index >= 15 is 0 Å². The summed E-state index contributed by atoms with van der Waals surface area (Å²) in [5.41, 5.74) is 2.98. The van der Waals surface area contributed by atoms with Gasteiger partial charge in [-0.2, -0.15) is 5.26 Å². The van der Waals surface area contributed by atoms with E-state index in [0.29, 0.717) is 21.8 Å². The summed E-state index contributed by atoms with van der Waals surface area (Å²) >= 11 is 6.50. The van der Waals surface area contributed by atoms with Crippen molar-refractivity contribution < 1.29 is 4.79 Å². The van der Waals surface area contributed by atoms with E-state index < -0.39 is 0 Å². The zero-order valence-corrected chi connectivity index (χ0v) is 14.8. The second-order valence-corrected chi connectivity index (χ2v) is 6.85. The second kappa shape index (κ2) is 6.40. The molecule has 0 saturated heterocycles. The van der Waals surface area contributed by atoms with E-state index in [0.717, 1.165) is 34.9 Å². The minimum absolute atomic E-state index is 0.0000748. The van der Waals surface area contributed by atoms with Gasteiger partial charge in [-0.15, -0.1) is 0 Å². The number of hydrogen-bond donors (Lipinski definition) is 1. The monoisotopic (exact) mass is 362 g/mol. The number of hydrogen-bond acceptors (Lipinski definition) is 4. The predicted octanol–water partition coefficient (Wildman–Crippen LogP) is 4.48. The van der Waals surface area contributed by atoms with E-state index in [-0.39, 0.29) is 11.8 Å². The molecule has 0 radical (unpaired) electrons. The number of amides is 1. The number of nitriles is 1. The van der Waals surface area contributed by atoms with Crippen molar-refractivity contribution in [2.24, 2.45) is 5.92 Å². The van der Waals surface area contributed by atoms with Crippen molar-refractivity contribution in [1.82, 2.24) is 9.97 Å². The van der Waals surface area contributed by atoms with Crippen LogP contribution in [0.5, 0.6) is 0 Å². The summed E-state index contributed by atoms with van der Waals surface area (Å²) in [7, 11) is 0. The number of halogens is 1. The molecule has 0 unspecified atom stereocenters. The lowest BCUT2D eigenvalue weighted by atomic mass is 9.95. The Morgan fingerprint density at radius 3 is 2.81 bits per heavy atom. The minimum Gasteiger partial charge on any atom is -0.310 e. The van der Waals surface area contributed by atoms with Crippen molar-refractivity contribution in [3.05, 3.63) is 52.9 Å². The minimum atomic E-state index is -0.0000748. The highest BCUT2D eigenvalue weighted by Gasteiger charge is 2.29. The van der Waals surface area contributed by atoms with Gasteiger partial charge in [-0.3, -0.25) is 9.78 Å². The van der Waals surface area contributed by atoms with Gasteiger partial charge in [0.15, 0.2) is 0 Å². The Labute approximate surface area is 155 Å². The van der Waals surface area contributed by atoms with Crippen LogP contribution in [-0.4, -0.2) is 15.9 Å². The number of carbonyl (C=O) groups is 1. The van der Waals surface area contributed by atoms with E-state index in [2.05, 4.69) is 21.4 Å². The van der Waals surface area contributed by atoms with Crippen LogP contribution >= 0.6 is 11.6 Å². The molecule has 128 valence electrons. The van der Waals surface area contributed by atoms with Gasteiger partial charge >= 0.3 is 0 Å². The normalized spacial score (nSPS) is 13.4. The Morgan fingerprint density at radius 2 is 2.12 bits per heavy atom. The van der Waals surface area contributed by atoms with Crippen molar-refractivity contribution in [2.75, 3.05) is 5.32 Å². The lowest BCUT2D eigenvalue weighted by Crippen LogP contribution is -2.14. The number of anilines is 1. The van der Waals surface area contributed by atoms with E-state index in [9.17, 15) is 10.1 Å². The summed E-state index contributed by atoms with van der Waals surface area (Å²) in [6.07, 6.45) is 6.90. The fraction of sp³-hybridized carbons (Fsp3) is 0.200. The highest BCUT2D eigenvalue weighted by atomic mass is 35.5. The number of fused-ring (bicyclic) bond motifs is 1. The summed E-state index contributed by atoms with van der Waals surface area (Å²) in [5.74, 6) is 0.592. The summed E-state index contributed by atoms with van der Waals surface area (Å²) in [6, 6.07) is 7.78. The number of benzene rings is 1. The number of nitrogens with zero attached hydrogens (tertiary/aromatic N) is 3. The molecule has 2 heterocycles. The standard InChI is InChI=1S/C20H15ClN4O/c1-11-4-5-23-9-16(11)14-6-13-7-18(25-20(26)12-2-3-12)24-10-17(13)19(21)15(14)8-22/h4-7,9-10,12H,2-3H2,1H3,(H,24,25,26). The zero-order valence-electron chi connectivity index (χ0n) is 14.1. The molecule has 1 amide bonds. The highest BCUT2D eigenvalue weighted by Crippen LogP contribution is 2.37. The molecule has 6 heteroatoms. The maximum atomic E-state index is 12.0. The van der Waals surface area contributed by atoms with Gasteiger partial charge < -0.3 is 5.32 Å². The molecule has 0 bridgehead atoms. The summed E-state index contributed by atoms with van der Waals surface area (Å²) in [6.45, 7) is 1.96. The van der Waals surface area contributed by atoms with Crippen LogP contribution in [0, 0.1) is 24.2 Å². The fourth-order valence-corrected chi connectivity index (χ4v) is 3.27. The van der Waals surface area contributed by atoms with Crippen LogP contribution in [0.3, 0.4) is 0 Å². The Hall–Kier alpha value is -2.97. The molecular weight excluding hydrogens is 348 g/mol. The van der Waals surface area contributed by atoms with Crippen LogP contribution in [0.25, 0.3) is 21.9 Å². The van der Waals surface area contributed by atoms with Gasteiger partial charge in [-0.05, 0) is 48.9 Å². The molecule has 1 aromatic carbocycles. The maximum absolute atomic E-state index is 12.0. The number of carbonyl (C=O) groups excluding carboxylic acids is 1. The number of pyridine rings is 2. The molecule has 1 aliphatic carbocycles. The average Bonchev–Trinajstić information content (AvgIpc) is 3.47. The smallest absolute Gasteiger partial charge is 0.228 e. The van der Waals surface area contributed by atoms with E-state index in [1.807, 2.05) is 19.1 Å². The van der Waals surface area contributed by atoms with Crippen LogP contribution < -0.4 is 5.32 Å². The van der Waals surface area contributed by atoms with Crippen molar-refractivity contribution in [3.63, 3.8) is 0 Å². The molecule has 26 heavy (non-hydrogen) atoms. The fourth-order valence-electron chi connectivity index (χ4n) is 2.96. The Balaban J connectivity index is 1.87. The van der Waals surface area contributed by atoms with Crippen molar-refractivity contribution in [1.29, 1.82) is 5.26 Å². The van der Waals surface area contributed by atoms with E-state index in [1.165, 1.54) is 0 Å². The maximum Gasteiger partial charge on any atom is 0.228 e. The van der Waals surface area contributed by atoms with Gasteiger partial charge in [0.05, 0.1) is 10.6 Å². The molecule has 0 atom stereocenters. The van der Waals surface area contributed by atoms with Gasteiger partial charge in [-0.1, -0.05) is 11.6 Å². The Kier molecular flexibility index (Phi) is 4.06. The third-order valence-electron chi connectivity index (χ3n) is 4.60. The molecular formula is C20H15ClN4O. The molecule has 3 aromatic rings. The molecule has 4 rings (SSSR count). The van der Waals surface area contributed by atoms with Gasteiger partial charge in [0.25, 0.3) is 0 Å². The van der Waals surface area contributed by atoms with Crippen molar-refractivity contribution in [2.45, 2.75) is 19.8 Å². The van der Waals surface area contributed by atoms with Crippen molar-refractivity contribution in [3.8, 4) is 17.2 Å². The molecule has 1 fully saturated rings. The number of aryl methyl sites for hydroxylation is 1. The Morgan fingerprint density at radius 1 is 1.31 bits per heavy atom. The molecule has 0 aliphatic heterocycles. The van der Waals surface area contributed by atoms with Crippen LogP contribution in [0.2, 0.25) is 5.02 Å². The lowest BCUT2D eigenvalue weighted by molar-refractivity contribution is -0.117. The van der Waals surface area contributed by atoms with Gasteiger partial charge in [0.1, 0.15) is 11.9 Å². The quantitative estimate of drug-likeness (QED) is 0.745. The van der Waals surface area contributed by atoms with Crippen LogP contribution in [0.1, 0.15) is 24.0 Å². The van der Waals surface area contributed by atoms with Gasteiger partial charge in [-0.25, -0.2) is 4.98 Å². The average molecular weight is 363 g/mol. The highest BCUT2D eigenvalue weighted by molar-refractivity contribution is 6.37. The molecule has 1 N–H and O–H groups in total. The third kappa shape index (κ3) is 2.89. The number of aromatic nitrogens is 2. The Bertz CT molecular complexity index is 1080. The summed E-state index contributed by atoms with van der Waals surface area (Å²) in [4.78, 5) is 20.4. The molecule has 0 spiro atoms. The van der Waals surface area contributed by atoms with Crippen molar-refractivity contribution >= 4 is 34.1 Å². The van der Waals surface area contributed by atoms with Crippen LogP contribution in [0.15, 0.2) is 36.8 Å². The van der Waals surface area contributed by atoms with E-state index in [4.69, 9.17) is 11.6 Å². The second-order valence-electron chi connectivity index (χ2n) is 6.47. The summed E-state index contributed by atoms with van der Waals surface area (Å²) in [5, 5.41) is 14.3. The van der Waals surface area contributed by atoms with Crippen LogP contribution in [0.4, 0.5) is 5.82 Å². The molecule has 1 saturated carbocycles. The largest absolute Gasteiger partial charge is 0.310 e. The number of nitrogens with one attached hydrogen (secondary N) is 1. The topological polar surface area (TPSA) is 78.7 Å². The molecule has 2 aromatic heterocycles. The van der Waals surface area contributed by atoms with Crippen LogP contribution in [-0.2, 0) is 4.79 Å². The first-order valence-electron chi connectivity index (χ1n) is 8.32. The first-order chi connectivity index (χ1) is 12.6. The first kappa shape index (κ1) is 16.5. The number of rotatable bonds is 3. The van der Waals surface area contributed by atoms with Gasteiger partial charge in [0.2, 0.25) is 5.91 Å². The predicted molar refractivity (Wildman–Crippen MR) is 101 cm³/mol. The van der Waals surface area contributed by atoms with E-state index in [1.54, 1.807) is 24.7 Å². The first-order valence-corrected chi connectivity index (χ1v) is 8.70. The molecule has 5 nitrogen and oxygen atoms in total. The zero-order chi connectivity index (χ0) is 18.3. The third-order valence-corrected chi connectivity index (χ3v) is 4.99.